The Bertz CT molecular complexity index is 676. The molecule has 5 nitrogen and oxygen atoms in total. The average Bonchev–Trinajstić information content (AvgIpc) is 3.04. The number of sulfonamides is 1. The highest BCUT2D eigenvalue weighted by Crippen LogP contribution is 2.39. The minimum absolute atomic E-state index is 0.0456. The van der Waals surface area contributed by atoms with Gasteiger partial charge in [0.2, 0.25) is 15.9 Å². The number of nitrogens with one attached hydrogen (secondary N) is 1. The van der Waals surface area contributed by atoms with Crippen LogP contribution in [0.25, 0.3) is 0 Å². The third kappa shape index (κ3) is 2.36. The van der Waals surface area contributed by atoms with Gasteiger partial charge in [-0.1, -0.05) is 13.8 Å². The van der Waals surface area contributed by atoms with Crippen LogP contribution in [0.1, 0.15) is 38.2 Å². The fraction of sp³-hybridized carbons (Fsp3) is 0.533. The number of anilines is 1. The van der Waals surface area contributed by atoms with Gasteiger partial charge in [0.15, 0.2) is 0 Å². The Labute approximate surface area is 125 Å². The molecule has 0 radical (unpaired) electrons. The number of carbonyl (C=O) groups excluding carboxylic acids is 1. The standard InChI is InChI=1S/C15H20N2O3S/c1-10(2)14-12-9-11(5-6-13(12)16-15(14)18)21(19,20)17-7-3-4-8-17/h5-6,9-10,14H,3-4,7-8H2,1-2H3,(H,16,18). The monoisotopic (exact) mass is 308 g/mol. The van der Waals surface area contributed by atoms with Gasteiger partial charge in [0.05, 0.1) is 10.8 Å². The summed E-state index contributed by atoms with van der Waals surface area (Å²) in [6, 6.07) is 4.97. The fourth-order valence-electron chi connectivity index (χ4n) is 3.16. The van der Waals surface area contributed by atoms with E-state index in [4.69, 9.17) is 0 Å². The first kappa shape index (κ1) is 14.5. The molecule has 0 spiro atoms. The van der Waals surface area contributed by atoms with Gasteiger partial charge in [-0.05, 0) is 42.5 Å². The lowest BCUT2D eigenvalue weighted by Crippen LogP contribution is -2.28. The first-order valence-electron chi connectivity index (χ1n) is 7.36. The van der Waals surface area contributed by atoms with E-state index in [1.807, 2.05) is 13.8 Å². The summed E-state index contributed by atoms with van der Waals surface area (Å²) in [6.45, 7) is 5.12. The van der Waals surface area contributed by atoms with Crippen molar-refractivity contribution < 1.29 is 13.2 Å². The van der Waals surface area contributed by atoms with Crippen molar-refractivity contribution in [2.24, 2.45) is 5.92 Å². The number of nitrogens with zero attached hydrogens (tertiary/aromatic N) is 1. The van der Waals surface area contributed by atoms with Crippen molar-refractivity contribution in [2.45, 2.75) is 37.5 Å². The van der Waals surface area contributed by atoms with Crippen LogP contribution in [0.4, 0.5) is 5.69 Å². The topological polar surface area (TPSA) is 66.5 Å². The van der Waals surface area contributed by atoms with E-state index in [9.17, 15) is 13.2 Å². The van der Waals surface area contributed by atoms with Crippen molar-refractivity contribution in [3.8, 4) is 0 Å². The van der Waals surface area contributed by atoms with E-state index in [-0.39, 0.29) is 17.7 Å². The molecule has 1 amide bonds. The SMILES string of the molecule is CC(C)C1C(=O)Nc2ccc(S(=O)(=O)N3CCCC3)cc21. The summed E-state index contributed by atoms with van der Waals surface area (Å²) in [4.78, 5) is 12.3. The van der Waals surface area contributed by atoms with Crippen LogP contribution in [0.2, 0.25) is 0 Å². The van der Waals surface area contributed by atoms with E-state index in [2.05, 4.69) is 5.32 Å². The minimum atomic E-state index is -3.43. The van der Waals surface area contributed by atoms with E-state index in [0.29, 0.717) is 18.0 Å². The van der Waals surface area contributed by atoms with Gasteiger partial charge in [-0.2, -0.15) is 4.31 Å². The predicted molar refractivity (Wildman–Crippen MR) is 80.6 cm³/mol. The summed E-state index contributed by atoms with van der Waals surface area (Å²) in [7, 11) is -3.43. The van der Waals surface area contributed by atoms with Gasteiger partial charge in [0.25, 0.3) is 0 Å². The highest BCUT2D eigenvalue weighted by molar-refractivity contribution is 7.89. The molecule has 2 heterocycles. The second kappa shape index (κ2) is 5.10. The molecule has 1 unspecified atom stereocenters. The molecule has 1 N–H and O–H groups in total. The molecule has 6 heteroatoms. The molecule has 2 aliphatic rings. The van der Waals surface area contributed by atoms with Crippen LogP contribution in [-0.2, 0) is 14.8 Å². The maximum Gasteiger partial charge on any atom is 0.243 e. The number of carbonyl (C=O) groups is 1. The number of fused-ring (bicyclic) bond motifs is 1. The van der Waals surface area contributed by atoms with Gasteiger partial charge in [-0.25, -0.2) is 8.42 Å². The highest BCUT2D eigenvalue weighted by atomic mass is 32.2. The summed E-state index contributed by atoms with van der Waals surface area (Å²) in [6.07, 6.45) is 1.83. The Morgan fingerprint density at radius 3 is 2.52 bits per heavy atom. The molecule has 1 aromatic rings. The van der Waals surface area contributed by atoms with E-state index >= 15 is 0 Å². The molecule has 0 bridgehead atoms. The van der Waals surface area contributed by atoms with Gasteiger partial charge in [0.1, 0.15) is 0 Å². The zero-order valence-electron chi connectivity index (χ0n) is 12.3. The van der Waals surface area contributed by atoms with Crippen LogP contribution < -0.4 is 5.32 Å². The van der Waals surface area contributed by atoms with Gasteiger partial charge in [0, 0.05) is 18.8 Å². The molecule has 0 aromatic heterocycles. The molecular weight excluding hydrogens is 288 g/mol. The van der Waals surface area contributed by atoms with Crippen LogP contribution in [0.5, 0.6) is 0 Å². The smallest absolute Gasteiger partial charge is 0.243 e. The molecule has 0 aliphatic carbocycles. The summed E-state index contributed by atoms with van der Waals surface area (Å²) >= 11 is 0. The van der Waals surface area contributed by atoms with E-state index < -0.39 is 10.0 Å². The Morgan fingerprint density at radius 1 is 1.24 bits per heavy atom. The maximum absolute atomic E-state index is 12.6. The van der Waals surface area contributed by atoms with Crippen molar-refractivity contribution in [1.29, 1.82) is 0 Å². The minimum Gasteiger partial charge on any atom is -0.325 e. The van der Waals surface area contributed by atoms with Crippen molar-refractivity contribution in [3.05, 3.63) is 23.8 Å². The van der Waals surface area contributed by atoms with Crippen LogP contribution in [0.3, 0.4) is 0 Å². The maximum atomic E-state index is 12.6. The first-order chi connectivity index (χ1) is 9.91. The third-order valence-electron chi connectivity index (χ3n) is 4.27. The van der Waals surface area contributed by atoms with Crippen molar-refractivity contribution in [3.63, 3.8) is 0 Å². The second-order valence-electron chi connectivity index (χ2n) is 6.07. The van der Waals surface area contributed by atoms with E-state index in [0.717, 1.165) is 24.1 Å². The molecule has 2 aliphatic heterocycles. The Morgan fingerprint density at radius 2 is 1.90 bits per heavy atom. The van der Waals surface area contributed by atoms with Gasteiger partial charge < -0.3 is 5.32 Å². The summed E-state index contributed by atoms with van der Waals surface area (Å²) in [5.74, 6) is -0.180. The van der Waals surface area contributed by atoms with Crippen molar-refractivity contribution >= 4 is 21.6 Å². The number of hydrogen-bond donors (Lipinski definition) is 1. The quantitative estimate of drug-likeness (QED) is 0.930. The van der Waals surface area contributed by atoms with Crippen molar-refractivity contribution in [2.75, 3.05) is 18.4 Å². The van der Waals surface area contributed by atoms with Gasteiger partial charge >= 0.3 is 0 Å². The molecular formula is C15H20N2O3S. The molecule has 1 fully saturated rings. The number of hydrogen-bond acceptors (Lipinski definition) is 3. The molecule has 1 saturated heterocycles. The normalized spacial score (nSPS) is 22.6. The lowest BCUT2D eigenvalue weighted by molar-refractivity contribution is -0.117. The molecule has 1 aromatic carbocycles. The molecule has 21 heavy (non-hydrogen) atoms. The summed E-state index contributed by atoms with van der Waals surface area (Å²) in [5, 5.41) is 2.83. The number of amides is 1. The Balaban J connectivity index is 2.02. The second-order valence-corrected chi connectivity index (χ2v) is 8.01. The van der Waals surface area contributed by atoms with Crippen LogP contribution in [-0.4, -0.2) is 31.7 Å². The van der Waals surface area contributed by atoms with E-state index in [1.165, 1.54) is 4.31 Å². The molecule has 0 saturated carbocycles. The third-order valence-corrected chi connectivity index (χ3v) is 6.16. The zero-order valence-corrected chi connectivity index (χ0v) is 13.1. The largest absolute Gasteiger partial charge is 0.325 e. The molecule has 3 rings (SSSR count). The highest BCUT2D eigenvalue weighted by Gasteiger charge is 2.35. The van der Waals surface area contributed by atoms with Crippen LogP contribution in [0, 0.1) is 5.92 Å². The Kier molecular flexibility index (Phi) is 3.53. The molecule has 1 atom stereocenters. The van der Waals surface area contributed by atoms with Gasteiger partial charge in [-0.15, -0.1) is 0 Å². The Hall–Kier alpha value is -1.40. The predicted octanol–water partition coefficient (Wildman–Crippen LogP) is 2.16. The number of rotatable bonds is 3. The van der Waals surface area contributed by atoms with Crippen molar-refractivity contribution in [1.82, 2.24) is 4.31 Å². The lowest BCUT2D eigenvalue weighted by atomic mass is 9.90. The zero-order chi connectivity index (χ0) is 15.2. The van der Waals surface area contributed by atoms with E-state index in [1.54, 1.807) is 18.2 Å². The van der Waals surface area contributed by atoms with Crippen LogP contribution in [0.15, 0.2) is 23.1 Å². The first-order valence-corrected chi connectivity index (χ1v) is 8.80. The number of benzene rings is 1. The van der Waals surface area contributed by atoms with Gasteiger partial charge in [-0.3, -0.25) is 4.79 Å². The molecule has 114 valence electrons. The summed E-state index contributed by atoms with van der Waals surface area (Å²) in [5.41, 5.74) is 1.54. The summed E-state index contributed by atoms with van der Waals surface area (Å²) < 4.78 is 26.8. The average molecular weight is 308 g/mol. The fourth-order valence-corrected chi connectivity index (χ4v) is 4.72. The van der Waals surface area contributed by atoms with Crippen LogP contribution >= 0.6 is 0 Å². The lowest BCUT2D eigenvalue weighted by Gasteiger charge is -2.17.